The van der Waals surface area contributed by atoms with Crippen LogP contribution in [0.1, 0.15) is 22.0 Å². The zero-order valence-corrected chi connectivity index (χ0v) is 22.1. The minimum absolute atomic E-state index is 0.000759. The summed E-state index contributed by atoms with van der Waals surface area (Å²) < 4.78 is 44.5. The van der Waals surface area contributed by atoms with Gasteiger partial charge in [0.25, 0.3) is 16.2 Å². The maximum Gasteiger partial charge on any atom is 0.276 e. The predicted molar refractivity (Wildman–Crippen MR) is 137 cm³/mol. The molecule has 0 N–H and O–H groups in total. The average molecular weight is 557 g/mol. The van der Waals surface area contributed by atoms with Crippen molar-refractivity contribution in [3.05, 3.63) is 63.6 Å². The molecule has 2 aromatic rings. The van der Waals surface area contributed by atoms with Crippen LogP contribution in [-0.4, -0.2) is 89.4 Å². The summed E-state index contributed by atoms with van der Waals surface area (Å²) in [7, 11) is -2.25. The highest BCUT2D eigenvalue weighted by molar-refractivity contribution is 7.86. The number of morpholine rings is 2. The van der Waals surface area contributed by atoms with Crippen LogP contribution < -0.4 is 0 Å². The number of rotatable bonds is 4. The SMILES string of the molecule is CN1CCOC2(C1)CN(S(=O)(F)=Nc1cc(Cl)c(C(=O)N3CCO[C@@H](c4ccccc4)C3)c(Cl)c1)C2. The first-order chi connectivity index (χ1) is 17.2. The fraction of sp³-hybridized carbons (Fsp3) is 0.458. The summed E-state index contributed by atoms with van der Waals surface area (Å²) in [6.45, 7) is 3.43. The molecule has 0 bridgehead atoms. The highest BCUT2D eigenvalue weighted by atomic mass is 35.5. The third-order valence-electron chi connectivity index (χ3n) is 6.67. The quantitative estimate of drug-likeness (QED) is 0.529. The lowest BCUT2D eigenvalue weighted by Crippen LogP contribution is -2.70. The number of amides is 1. The molecule has 3 aliphatic rings. The molecular weight excluding hydrogens is 530 g/mol. The molecule has 3 heterocycles. The fourth-order valence-corrected chi connectivity index (χ4v) is 6.75. The number of carbonyl (C=O) groups is 1. The van der Waals surface area contributed by atoms with Gasteiger partial charge in [-0.3, -0.25) is 4.79 Å². The highest BCUT2D eigenvalue weighted by Gasteiger charge is 2.50. The van der Waals surface area contributed by atoms with Crippen LogP contribution in [0.4, 0.5) is 9.57 Å². The lowest BCUT2D eigenvalue weighted by atomic mass is 9.95. The van der Waals surface area contributed by atoms with Gasteiger partial charge < -0.3 is 19.3 Å². The van der Waals surface area contributed by atoms with Crippen molar-refractivity contribution < 1.29 is 22.4 Å². The fourth-order valence-electron chi connectivity index (χ4n) is 4.85. The van der Waals surface area contributed by atoms with Crippen LogP contribution in [0, 0.1) is 0 Å². The number of likely N-dealkylation sites (N-methyl/N-ethyl adjacent to an activating group) is 1. The van der Waals surface area contributed by atoms with Crippen molar-refractivity contribution in [2.24, 2.45) is 4.36 Å². The van der Waals surface area contributed by atoms with E-state index in [0.717, 1.165) is 16.4 Å². The van der Waals surface area contributed by atoms with E-state index in [-0.39, 0.29) is 46.4 Å². The summed E-state index contributed by atoms with van der Waals surface area (Å²) >= 11 is 12.8. The van der Waals surface area contributed by atoms with Crippen molar-refractivity contribution >= 4 is 45.1 Å². The molecule has 2 aromatic carbocycles. The summed E-state index contributed by atoms with van der Waals surface area (Å²) in [6.07, 6.45) is -0.264. The first-order valence-electron chi connectivity index (χ1n) is 11.7. The molecule has 1 spiro atoms. The summed E-state index contributed by atoms with van der Waals surface area (Å²) in [5.74, 6) is -0.356. The van der Waals surface area contributed by atoms with Crippen LogP contribution in [0.25, 0.3) is 0 Å². The van der Waals surface area contributed by atoms with Crippen molar-refractivity contribution in [2.75, 3.05) is 59.5 Å². The second-order valence-corrected chi connectivity index (χ2v) is 11.8. The maximum atomic E-state index is 15.1. The smallest absolute Gasteiger partial charge is 0.276 e. The summed E-state index contributed by atoms with van der Waals surface area (Å²) in [4.78, 5) is 17.0. The minimum Gasteiger partial charge on any atom is -0.370 e. The molecule has 0 saturated carbocycles. The summed E-state index contributed by atoms with van der Waals surface area (Å²) in [5.41, 5.74) is 0.536. The second-order valence-electron chi connectivity index (χ2n) is 9.40. The Balaban J connectivity index is 1.31. The van der Waals surface area contributed by atoms with E-state index in [1.807, 2.05) is 37.4 Å². The number of nitrogens with zero attached hydrogens (tertiary/aromatic N) is 4. The van der Waals surface area contributed by atoms with Gasteiger partial charge in [-0.05, 0) is 24.7 Å². The third kappa shape index (κ3) is 5.26. The molecule has 3 fully saturated rings. The normalized spacial score (nSPS) is 24.2. The van der Waals surface area contributed by atoms with Gasteiger partial charge in [-0.2, -0.15) is 12.9 Å². The monoisotopic (exact) mass is 556 g/mol. The van der Waals surface area contributed by atoms with Crippen LogP contribution in [0.3, 0.4) is 0 Å². The van der Waals surface area contributed by atoms with Crippen molar-refractivity contribution in [1.82, 2.24) is 14.1 Å². The van der Waals surface area contributed by atoms with Crippen LogP contribution in [0.15, 0.2) is 46.8 Å². The Morgan fingerprint density at radius 2 is 1.81 bits per heavy atom. The minimum atomic E-state index is -4.21. The first kappa shape index (κ1) is 25.8. The molecular formula is C24H27Cl2FN4O4S. The highest BCUT2D eigenvalue weighted by Crippen LogP contribution is 2.36. The summed E-state index contributed by atoms with van der Waals surface area (Å²) in [5, 5.41) is 0.0306. The van der Waals surface area contributed by atoms with Crippen LogP contribution in [0.5, 0.6) is 0 Å². The standard InChI is InChI=1S/C24H27Cl2FN4O4S/c1-29-7-10-35-24(14-29)15-31(16-24)36(27,33)28-18-11-19(25)22(20(26)12-18)23(32)30-8-9-34-21(13-30)17-5-3-2-4-6-17/h2-6,11-12,21H,7-10,13-16H2,1H3/t21-,36?/m1/s1. The van der Waals surface area contributed by atoms with Gasteiger partial charge in [0.15, 0.2) is 0 Å². The number of benzene rings is 2. The molecule has 0 aliphatic carbocycles. The Labute approximate surface area is 220 Å². The van der Waals surface area contributed by atoms with Crippen molar-refractivity contribution in [1.29, 1.82) is 0 Å². The second kappa shape index (κ2) is 10.2. The van der Waals surface area contributed by atoms with E-state index in [2.05, 4.69) is 9.26 Å². The van der Waals surface area contributed by atoms with Gasteiger partial charge in [0.2, 0.25) is 0 Å². The van der Waals surface area contributed by atoms with Crippen LogP contribution in [-0.2, 0) is 19.8 Å². The number of halogens is 3. The van der Waals surface area contributed by atoms with Gasteiger partial charge in [-0.25, -0.2) is 0 Å². The van der Waals surface area contributed by atoms with Crippen LogP contribution in [0.2, 0.25) is 10.0 Å². The largest absolute Gasteiger partial charge is 0.370 e. The molecule has 0 radical (unpaired) electrons. The van der Waals surface area contributed by atoms with Gasteiger partial charge in [-0.15, -0.1) is 3.89 Å². The molecule has 8 nitrogen and oxygen atoms in total. The van der Waals surface area contributed by atoms with Gasteiger partial charge in [0, 0.05) is 32.7 Å². The van der Waals surface area contributed by atoms with Gasteiger partial charge in [0.1, 0.15) is 11.7 Å². The first-order valence-corrected chi connectivity index (χ1v) is 13.8. The summed E-state index contributed by atoms with van der Waals surface area (Å²) in [6, 6.07) is 12.3. The number of hydrogen-bond acceptors (Lipinski definition) is 6. The van der Waals surface area contributed by atoms with E-state index in [9.17, 15) is 9.00 Å². The molecule has 2 atom stereocenters. The molecule has 3 aliphatic heterocycles. The Bertz CT molecular complexity index is 1250. The van der Waals surface area contributed by atoms with E-state index < -0.39 is 15.9 Å². The van der Waals surface area contributed by atoms with E-state index in [1.54, 1.807) is 4.90 Å². The van der Waals surface area contributed by atoms with Crippen LogP contribution >= 0.6 is 23.2 Å². The van der Waals surface area contributed by atoms with Gasteiger partial charge in [0.05, 0.1) is 41.1 Å². The zero-order valence-electron chi connectivity index (χ0n) is 19.7. The van der Waals surface area contributed by atoms with E-state index in [1.165, 1.54) is 12.1 Å². The average Bonchev–Trinajstić information content (AvgIpc) is 2.82. The Morgan fingerprint density at radius 3 is 2.47 bits per heavy atom. The number of hydrogen-bond donors (Lipinski definition) is 0. The zero-order chi connectivity index (χ0) is 25.5. The number of ether oxygens (including phenoxy) is 2. The lowest BCUT2D eigenvalue weighted by Gasteiger charge is -2.52. The molecule has 3 saturated heterocycles. The molecule has 194 valence electrons. The van der Waals surface area contributed by atoms with E-state index in [0.29, 0.717) is 32.8 Å². The Morgan fingerprint density at radius 1 is 1.11 bits per heavy atom. The maximum absolute atomic E-state index is 15.1. The molecule has 1 unspecified atom stereocenters. The topological polar surface area (TPSA) is 74.7 Å². The lowest BCUT2D eigenvalue weighted by molar-refractivity contribution is -0.158. The van der Waals surface area contributed by atoms with Gasteiger partial charge in [-0.1, -0.05) is 53.5 Å². The predicted octanol–water partition coefficient (Wildman–Crippen LogP) is 4.12. The number of carbonyl (C=O) groups excluding carboxylic acids is 1. The van der Waals surface area contributed by atoms with Crippen molar-refractivity contribution in [3.63, 3.8) is 0 Å². The third-order valence-corrected chi connectivity index (χ3v) is 8.60. The molecule has 5 rings (SSSR count). The molecule has 1 amide bonds. The van der Waals surface area contributed by atoms with Gasteiger partial charge >= 0.3 is 0 Å². The Kier molecular flexibility index (Phi) is 7.30. The van der Waals surface area contributed by atoms with E-state index in [4.69, 9.17) is 32.7 Å². The van der Waals surface area contributed by atoms with Crippen molar-refractivity contribution in [2.45, 2.75) is 11.7 Å². The van der Waals surface area contributed by atoms with E-state index >= 15 is 3.89 Å². The Hall–Kier alpha value is -1.79. The van der Waals surface area contributed by atoms with Crippen molar-refractivity contribution in [3.8, 4) is 0 Å². The molecule has 36 heavy (non-hydrogen) atoms. The molecule has 0 aromatic heterocycles. The molecule has 12 heteroatoms.